The molecule has 0 aliphatic rings. The van der Waals surface area contributed by atoms with E-state index in [9.17, 15) is 12.8 Å². The van der Waals surface area contributed by atoms with E-state index in [-0.39, 0.29) is 23.9 Å². The van der Waals surface area contributed by atoms with Crippen LogP contribution in [0.2, 0.25) is 0 Å². The summed E-state index contributed by atoms with van der Waals surface area (Å²) in [5.74, 6) is -0.274. The van der Waals surface area contributed by atoms with Gasteiger partial charge in [0.05, 0.1) is 16.8 Å². The average Bonchev–Trinajstić information content (AvgIpc) is 2.92. The monoisotopic (exact) mass is 322 g/mol. The number of aryl methyl sites for hydroxylation is 1. The molecule has 0 radical (unpaired) electrons. The molecule has 0 aliphatic carbocycles. The van der Waals surface area contributed by atoms with E-state index in [1.54, 1.807) is 0 Å². The summed E-state index contributed by atoms with van der Waals surface area (Å²) in [7, 11) is -3.12. The first-order valence-electron chi connectivity index (χ1n) is 6.33. The normalized spacial score (nSPS) is 11.9. The molecule has 0 fully saturated rings. The zero-order chi connectivity index (χ0) is 15.7. The van der Waals surface area contributed by atoms with Crippen molar-refractivity contribution in [3.63, 3.8) is 0 Å². The third-order valence-corrected chi connectivity index (χ3v) is 3.88. The zero-order valence-corrected chi connectivity index (χ0v) is 12.3. The Morgan fingerprint density at radius 2 is 2.00 bits per heavy atom. The molecule has 22 heavy (non-hydrogen) atoms. The topological polar surface area (TPSA) is 98.8 Å². The summed E-state index contributed by atoms with van der Waals surface area (Å²) < 4.78 is 41.0. The lowest BCUT2D eigenvalue weighted by atomic mass is 10.1. The van der Waals surface area contributed by atoms with Crippen molar-refractivity contribution < 1.29 is 17.3 Å². The summed E-state index contributed by atoms with van der Waals surface area (Å²) in [6.45, 7) is 0. The van der Waals surface area contributed by atoms with Crippen molar-refractivity contribution in [2.24, 2.45) is 0 Å². The average molecular weight is 322 g/mol. The number of benzene rings is 1. The Morgan fingerprint density at radius 1 is 1.23 bits per heavy atom. The molecular weight excluding hydrogens is 311 g/mol. The molecule has 2 heterocycles. The van der Waals surface area contributed by atoms with Crippen molar-refractivity contribution in [3.05, 3.63) is 36.2 Å². The molecule has 0 saturated carbocycles. The van der Waals surface area contributed by atoms with Gasteiger partial charge in [-0.2, -0.15) is 4.98 Å². The van der Waals surface area contributed by atoms with Crippen LogP contribution in [0.15, 0.2) is 29.0 Å². The van der Waals surface area contributed by atoms with Crippen LogP contribution in [0.1, 0.15) is 5.82 Å². The third kappa shape index (κ3) is 3.08. The lowest BCUT2D eigenvalue weighted by Gasteiger charge is -2.00. The second kappa shape index (κ2) is 5.41. The third-order valence-electron chi connectivity index (χ3n) is 2.93. The first-order valence-corrected chi connectivity index (χ1v) is 8.39. The van der Waals surface area contributed by atoms with Crippen LogP contribution in [0.5, 0.6) is 0 Å². The minimum Gasteiger partial charge on any atom is -0.334 e. The number of halogens is 1. The van der Waals surface area contributed by atoms with Crippen LogP contribution in [0.3, 0.4) is 0 Å². The number of aromatic nitrogens is 4. The lowest BCUT2D eigenvalue weighted by molar-refractivity contribution is 0.423. The number of nitrogens with zero attached hydrogens (tertiary/aromatic N) is 4. The molecule has 114 valence electrons. The first-order chi connectivity index (χ1) is 10.4. The molecule has 3 rings (SSSR count). The number of rotatable bonds is 4. The Bertz CT molecular complexity index is 939. The molecule has 0 saturated heterocycles. The van der Waals surface area contributed by atoms with Gasteiger partial charge in [-0.25, -0.2) is 12.8 Å². The molecule has 0 bridgehead atoms. The van der Waals surface area contributed by atoms with Gasteiger partial charge in [0.1, 0.15) is 21.2 Å². The zero-order valence-electron chi connectivity index (χ0n) is 11.5. The van der Waals surface area contributed by atoms with E-state index >= 15 is 0 Å². The summed E-state index contributed by atoms with van der Waals surface area (Å²) >= 11 is 0. The minimum absolute atomic E-state index is 0.0773. The van der Waals surface area contributed by atoms with Crippen molar-refractivity contribution in [1.82, 2.24) is 20.1 Å². The Kier molecular flexibility index (Phi) is 3.57. The number of hydrogen-bond acceptors (Lipinski definition) is 7. The highest BCUT2D eigenvalue weighted by molar-refractivity contribution is 7.90. The van der Waals surface area contributed by atoms with Gasteiger partial charge in [0.25, 0.3) is 5.89 Å². The minimum atomic E-state index is -3.12. The lowest BCUT2D eigenvalue weighted by Crippen LogP contribution is -2.06. The van der Waals surface area contributed by atoms with Gasteiger partial charge in [-0.1, -0.05) is 5.16 Å². The largest absolute Gasteiger partial charge is 0.334 e. The molecule has 0 unspecified atom stereocenters. The van der Waals surface area contributed by atoms with E-state index in [4.69, 9.17) is 4.52 Å². The van der Waals surface area contributed by atoms with Crippen molar-refractivity contribution >= 4 is 20.9 Å². The van der Waals surface area contributed by atoms with E-state index in [0.717, 1.165) is 6.26 Å². The molecule has 9 heteroatoms. The summed E-state index contributed by atoms with van der Waals surface area (Å²) in [5.41, 5.74) is 1.12. The molecule has 0 spiro atoms. The molecule has 3 aromatic rings. The second-order valence-electron chi connectivity index (χ2n) is 4.77. The van der Waals surface area contributed by atoms with Crippen molar-refractivity contribution in [2.75, 3.05) is 12.0 Å². The van der Waals surface area contributed by atoms with Crippen LogP contribution in [0, 0.1) is 5.82 Å². The fraction of sp³-hybridized carbons (Fsp3) is 0.231. The van der Waals surface area contributed by atoms with Crippen LogP contribution in [0.25, 0.3) is 22.5 Å². The van der Waals surface area contributed by atoms with Gasteiger partial charge in [0.15, 0.2) is 5.82 Å². The Morgan fingerprint density at radius 3 is 2.77 bits per heavy atom. The molecule has 2 aromatic heterocycles. The van der Waals surface area contributed by atoms with Crippen LogP contribution in [-0.4, -0.2) is 40.5 Å². The SMILES string of the molecule is CS(=O)(=O)CCc1noc(-c2cc(F)cc3nccnc23)n1. The molecule has 1 aromatic carbocycles. The molecule has 0 amide bonds. The second-order valence-corrected chi connectivity index (χ2v) is 7.03. The van der Waals surface area contributed by atoms with Crippen molar-refractivity contribution in [3.8, 4) is 11.5 Å². The summed E-state index contributed by atoms with van der Waals surface area (Å²) in [6.07, 6.45) is 4.19. The maximum absolute atomic E-state index is 13.7. The van der Waals surface area contributed by atoms with Gasteiger partial charge in [-0.05, 0) is 6.07 Å². The maximum Gasteiger partial charge on any atom is 0.260 e. The predicted octanol–water partition coefficient (Wildman–Crippen LogP) is 1.41. The van der Waals surface area contributed by atoms with Crippen molar-refractivity contribution in [2.45, 2.75) is 6.42 Å². The van der Waals surface area contributed by atoms with Gasteiger partial charge in [-0.3, -0.25) is 9.97 Å². The highest BCUT2D eigenvalue weighted by Gasteiger charge is 2.16. The predicted molar refractivity (Wildman–Crippen MR) is 76.2 cm³/mol. The fourth-order valence-corrected chi connectivity index (χ4v) is 2.50. The van der Waals surface area contributed by atoms with Crippen LogP contribution in [0.4, 0.5) is 4.39 Å². The van der Waals surface area contributed by atoms with Gasteiger partial charge in [0, 0.05) is 31.1 Å². The van der Waals surface area contributed by atoms with Gasteiger partial charge >= 0.3 is 0 Å². The molecule has 0 aliphatic heterocycles. The summed E-state index contributed by atoms with van der Waals surface area (Å²) in [5, 5.41) is 3.71. The van der Waals surface area contributed by atoms with Gasteiger partial charge in [-0.15, -0.1) is 0 Å². The highest BCUT2D eigenvalue weighted by Crippen LogP contribution is 2.26. The molecule has 7 nitrogen and oxygen atoms in total. The summed E-state index contributed by atoms with van der Waals surface area (Å²) in [4.78, 5) is 12.3. The van der Waals surface area contributed by atoms with E-state index in [2.05, 4.69) is 20.1 Å². The first kappa shape index (κ1) is 14.5. The van der Waals surface area contributed by atoms with E-state index < -0.39 is 15.7 Å². The molecular formula is C13H11FN4O3S. The van der Waals surface area contributed by atoms with E-state index in [1.807, 2.05) is 0 Å². The standard InChI is InChI=1S/C13H11FN4O3S/c1-22(19,20)5-2-11-17-13(21-18-11)9-6-8(14)7-10-12(9)16-4-3-15-10/h3-4,6-7H,2,5H2,1H3. The van der Waals surface area contributed by atoms with Gasteiger partial charge in [0.2, 0.25) is 0 Å². The maximum atomic E-state index is 13.7. The Balaban J connectivity index is 2.00. The molecule has 0 N–H and O–H groups in total. The van der Waals surface area contributed by atoms with E-state index in [1.165, 1.54) is 24.5 Å². The van der Waals surface area contributed by atoms with Crippen LogP contribution < -0.4 is 0 Å². The van der Waals surface area contributed by atoms with Gasteiger partial charge < -0.3 is 4.52 Å². The smallest absolute Gasteiger partial charge is 0.260 e. The fourth-order valence-electron chi connectivity index (χ4n) is 1.95. The number of fused-ring (bicyclic) bond motifs is 1. The highest BCUT2D eigenvalue weighted by atomic mass is 32.2. The number of hydrogen-bond donors (Lipinski definition) is 0. The number of sulfone groups is 1. The summed E-state index contributed by atoms with van der Waals surface area (Å²) in [6, 6.07) is 2.48. The Labute approximate surface area is 125 Å². The Hall–Kier alpha value is -2.42. The molecule has 0 atom stereocenters. The van der Waals surface area contributed by atoms with Crippen LogP contribution >= 0.6 is 0 Å². The quantitative estimate of drug-likeness (QED) is 0.716. The van der Waals surface area contributed by atoms with E-state index in [0.29, 0.717) is 16.6 Å². The van der Waals surface area contributed by atoms with Crippen LogP contribution in [-0.2, 0) is 16.3 Å². The van der Waals surface area contributed by atoms with Crippen molar-refractivity contribution in [1.29, 1.82) is 0 Å².